The van der Waals surface area contributed by atoms with Crippen molar-refractivity contribution in [2.24, 2.45) is 0 Å². The molecule has 1 fully saturated rings. The average molecular weight is 316 g/mol. The third-order valence-electron chi connectivity index (χ3n) is 3.74. The normalized spacial score (nSPS) is 18.0. The molecule has 0 radical (unpaired) electrons. The Morgan fingerprint density at radius 1 is 1.38 bits per heavy atom. The van der Waals surface area contributed by atoms with Gasteiger partial charge in [0.1, 0.15) is 5.82 Å². The van der Waals surface area contributed by atoms with E-state index < -0.39 is 15.8 Å². The maximum atomic E-state index is 13.7. The van der Waals surface area contributed by atoms with Crippen molar-refractivity contribution in [3.05, 3.63) is 23.5 Å². The van der Waals surface area contributed by atoms with Gasteiger partial charge in [-0.1, -0.05) is 0 Å². The molecule has 1 heterocycles. The molecule has 0 saturated carbocycles. The van der Waals surface area contributed by atoms with Crippen molar-refractivity contribution in [2.45, 2.75) is 37.7 Å². The van der Waals surface area contributed by atoms with Crippen LogP contribution in [-0.2, 0) is 14.8 Å². The maximum Gasteiger partial charge on any atom is 0.243 e. The highest BCUT2D eigenvalue weighted by Crippen LogP contribution is 2.27. The summed E-state index contributed by atoms with van der Waals surface area (Å²) in [6.45, 7) is 4.75. The topological polar surface area (TPSA) is 72.6 Å². The van der Waals surface area contributed by atoms with E-state index in [1.54, 1.807) is 0 Å². The van der Waals surface area contributed by atoms with E-state index in [1.165, 1.54) is 17.3 Å². The van der Waals surface area contributed by atoms with Gasteiger partial charge in [-0.25, -0.2) is 12.8 Å². The lowest BCUT2D eigenvalue weighted by molar-refractivity contribution is 0.0290. The molecule has 0 bridgehead atoms. The molecule has 21 heavy (non-hydrogen) atoms. The van der Waals surface area contributed by atoms with Gasteiger partial charge in [-0.2, -0.15) is 4.31 Å². The lowest BCUT2D eigenvalue weighted by Gasteiger charge is -2.31. The van der Waals surface area contributed by atoms with Gasteiger partial charge in [0.05, 0.1) is 11.0 Å². The summed E-state index contributed by atoms with van der Waals surface area (Å²) in [4.78, 5) is -0.0464. The van der Waals surface area contributed by atoms with Crippen LogP contribution in [0.15, 0.2) is 17.0 Å². The number of anilines is 1. The highest BCUT2D eigenvalue weighted by molar-refractivity contribution is 7.89. The smallest absolute Gasteiger partial charge is 0.243 e. The van der Waals surface area contributed by atoms with Crippen LogP contribution < -0.4 is 5.73 Å². The predicted octanol–water partition coefficient (Wildman–Crippen LogP) is 1.91. The van der Waals surface area contributed by atoms with Crippen molar-refractivity contribution in [3.8, 4) is 0 Å². The van der Waals surface area contributed by atoms with Crippen LogP contribution in [0.25, 0.3) is 0 Å². The van der Waals surface area contributed by atoms with E-state index in [-0.39, 0.29) is 22.3 Å². The zero-order valence-corrected chi connectivity index (χ0v) is 13.1. The molecule has 1 aromatic rings. The van der Waals surface area contributed by atoms with Gasteiger partial charge in [-0.15, -0.1) is 0 Å². The molecular weight excluding hydrogens is 295 g/mol. The maximum absolute atomic E-state index is 13.7. The summed E-state index contributed by atoms with van der Waals surface area (Å²) in [7, 11) is -3.72. The third-order valence-corrected chi connectivity index (χ3v) is 5.76. The lowest BCUT2D eigenvalue weighted by Crippen LogP contribution is -2.41. The minimum absolute atomic E-state index is 0.0464. The zero-order valence-electron chi connectivity index (χ0n) is 12.3. The Hall–Kier alpha value is -1.18. The third kappa shape index (κ3) is 3.36. The minimum Gasteiger partial charge on any atom is -0.399 e. The summed E-state index contributed by atoms with van der Waals surface area (Å²) in [6.07, 6.45) is 1.40. The van der Waals surface area contributed by atoms with Crippen LogP contribution in [0.5, 0.6) is 0 Å². The molecule has 5 nitrogen and oxygen atoms in total. The van der Waals surface area contributed by atoms with E-state index in [9.17, 15) is 12.8 Å². The van der Waals surface area contributed by atoms with E-state index in [1.807, 2.05) is 6.92 Å². The summed E-state index contributed by atoms with van der Waals surface area (Å²) < 4.78 is 45.9. The largest absolute Gasteiger partial charge is 0.399 e. The number of nitrogens with two attached hydrogens (primary N) is 1. The SMILES string of the molecule is CCOC1CCN(S(=O)(=O)c2cc(N)cc(F)c2C)CC1. The second kappa shape index (κ2) is 6.29. The number of hydrogen-bond acceptors (Lipinski definition) is 4. The molecule has 0 spiro atoms. The minimum atomic E-state index is -3.72. The molecule has 0 unspecified atom stereocenters. The number of nitrogen functional groups attached to an aromatic ring is 1. The molecule has 1 saturated heterocycles. The monoisotopic (exact) mass is 316 g/mol. The lowest BCUT2D eigenvalue weighted by atomic mass is 10.1. The van der Waals surface area contributed by atoms with Crippen molar-refractivity contribution >= 4 is 15.7 Å². The van der Waals surface area contributed by atoms with Crippen LogP contribution >= 0.6 is 0 Å². The summed E-state index contributed by atoms with van der Waals surface area (Å²) >= 11 is 0. The van der Waals surface area contributed by atoms with Crippen LogP contribution in [0.1, 0.15) is 25.3 Å². The van der Waals surface area contributed by atoms with Crippen molar-refractivity contribution in [2.75, 3.05) is 25.4 Å². The number of halogens is 1. The molecular formula is C14H21FN2O3S. The molecule has 0 aliphatic carbocycles. The van der Waals surface area contributed by atoms with E-state index in [0.717, 1.165) is 6.07 Å². The molecule has 0 amide bonds. The molecule has 0 aromatic heterocycles. The molecule has 1 aromatic carbocycles. The molecule has 1 aliphatic rings. The fourth-order valence-electron chi connectivity index (χ4n) is 2.56. The first-order chi connectivity index (χ1) is 9.86. The van der Waals surface area contributed by atoms with Gasteiger partial charge >= 0.3 is 0 Å². The number of benzene rings is 1. The van der Waals surface area contributed by atoms with Gasteiger partial charge < -0.3 is 10.5 Å². The first-order valence-corrected chi connectivity index (χ1v) is 8.47. The summed E-state index contributed by atoms with van der Waals surface area (Å²) in [6, 6.07) is 2.46. The summed E-state index contributed by atoms with van der Waals surface area (Å²) in [5, 5.41) is 0. The Balaban J connectivity index is 2.24. The predicted molar refractivity (Wildman–Crippen MR) is 79.0 cm³/mol. The molecule has 7 heteroatoms. The Kier molecular flexibility index (Phi) is 4.85. The van der Waals surface area contributed by atoms with Crippen LogP contribution in [0.2, 0.25) is 0 Å². The molecule has 2 rings (SSSR count). The standard InChI is InChI=1S/C14H21FN2O3S/c1-3-20-12-4-6-17(7-5-12)21(18,19)14-9-11(16)8-13(15)10(14)2/h8-9,12H,3-7,16H2,1-2H3. The molecule has 2 N–H and O–H groups in total. The van der Waals surface area contributed by atoms with Gasteiger partial charge in [0, 0.05) is 30.9 Å². The fourth-order valence-corrected chi connectivity index (χ4v) is 4.29. The van der Waals surface area contributed by atoms with E-state index in [2.05, 4.69) is 0 Å². The van der Waals surface area contributed by atoms with E-state index in [4.69, 9.17) is 10.5 Å². The van der Waals surface area contributed by atoms with Crippen LogP contribution in [0.3, 0.4) is 0 Å². The summed E-state index contributed by atoms with van der Waals surface area (Å²) in [5.74, 6) is -0.599. The van der Waals surface area contributed by atoms with Crippen molar-refractivity contribution < 1.29 is 17.5 Å². The van der Waals surface area contributed by atoms with Crippen molar-refractivity contribution in [1.82, 2.24) is 4.31 Å². The molecule has 118 valence electrons. The number of hydrogen-bond donors (Lipinski definition) is 1. The van der Waals surface area contributed by atoms with E-state index in [0.29, 0.717) is 32.5 Å². The second-order valence-corrected chi connectivity index (χ2v) is 7.09. The fraction of sp³-hybridized carbons (Fsp3) is 0.571. The van der Waals surface area contributed by atoms with Crippen LogP contribution in [0, 0.1) is 12.7 Å². The Morgan fingerprint density at radius 3 is 2.57 bits per heavy atom. The van der Waals surface area contributed by atoms with Gasteiger partial charge in [-0.05, 0) is 38.8 Å². The van der Waals surface area contributed by atoms with Gasteiger partial charge in [0.2, 0.25) is 10.0 Å². The Morgan fingerprint density at radius 2 is 2.00 bits per heavy atom. The number of piperidine rings is 1. The van der Waals surface area contributed by atoms with Crippen LogP contribution in [-0.4, -0.2) is 38.5 Å². The van der Waals surface area contributed by atoms with Gasteiger partial charge in [-0.3, -0.25) is 0 Å². The highest BCUT2D eigenvalue weighted by atomic mass is 32.2. The first kappa shape index (κ1) is 16.2. The highest BCUT2D eigenvalue weighted by Gasteiger charge is 2.31. The molecule has 0 atom stereocenters. The second-order valence-electron chi connectivity index (χ2n) is 5.18. The van der Waals surface area contributed by atoms with E-state index >= 15 is 0 Å². The zero-order chi connectivity index (χ0) is 15.6. The van der Waals surface area contributed by atoms with Gasteiger partial charge in [0.25, 0.3) is 0 Å². The molecule has 1 aliphatic heterocycles. The first-order valence-electron chi connectivity index (χ1n) is 7.03. The summed E-state index contributed by atoms with van der Waals surface area (Å²) in [5.41, 5.74) is 5.79. The Bertz CT molecular complexity index is 611. The van der Waals surface area contributed by atoms with Crippen molar-refractivity contribution in [1.29, 1.82) is 0 Å². The number of sulfonamides is 1. The van der Waals surface area contributed by atoms with Gasteiger partial charge in [0.15, 0.2) is 0 Å². The number of nitrogens with zero attached hydrogens (tertiary/aromatic N) is 1. The quantitative estimate of drug-likeness (QED) is 0.861. The Labute approximate surface area is 124 Å². The number of rotatable bonds is 4. The van der Waals surface area contributed by atoms with Crippen LogP contribution in [0.4, 0.5) is 10.1 Å². The average Bonchev–Trinajstić information content (AvgIpc) is 2.43. The van der Waals surface area contributed by atoms with Crippen molar-refractivity contribution in [3.63, 3.8) is 0 Å². The number of ether oxygens (including phenoxy) is 1.